The van der Waals surface area contributed by atoms with Gasteiger partial charge in [-0.2, -0.15) is 14.1 Å². The van der Waals surface area contributed by atoms with Gasteiger partial charge in [0.1, 0.15) is 16.5 Å². The number of sulfonamides is 1. The molecular formula is C30H29ClFN5O6S. The van der Waals surface area contributed by atoms with Gasteiger partial charge in [0.05, 0.1) is 16.3 Å². The highest BCUT2D eigenvalue weighted by Gasteiger charge is 2.32. The predicted octanol–water partition coefficient (Wildman–Crippen LogP) is 5.04. The number of amides is 1. The molecule has 0 aliphatic carbocycles. The normalized spacial score (nSPS) is 14.4. The zero-order valence-corrected chi connectivity index (χ0v) is 25.4. The first-order valence-electron chi connectivity index (χ1n) is 13.7. The average Bonchev–Trinajstić information content (AvgIpc) is 3.33. The Hall–Kier alpha value is -4.30. The fourth-order valence-electron chi connectivity index (χ4n) is 4.83. The molecule has 1 aromatic heterocycles. The summed E-state index contributed by atoms with van der Waals surface area (Å²) in [6.07, 6.45) is 0. The fraction of sp³-hybridized carbons (Fsp3) is 0.233. The molecule has 11 nitrogen and oxygen atoms in total. The Labute approximate surface area is 258 Å². The molecule has 2 heterocycles. The van der Waals surface area contributed by atoms with E-state index in [1.165, 1.54) is 53.7 Å². The van der Waals surface area contributed by atoms with Gasteiger partial charge in [-0.1, -0.05) is 36.7 Å². The third kappa shape index (κ3) is 6.31. The van der Waals surface area contributed by atoms with Crippen molar-refractivity contribution in [3.8, 4) is 17.3 Å². The molecule has 0 unspecified atom stereocenters. The van der Waals surface area contributed by atoms with Gasteiger partial charge < -0.3 is 20.1 Å². The van der Waals surface area contributed by atoms with E-state index in [1.54, 1.807) is 18.2 Å². The predicted molar refractivity (Wildman–Crippen MR) is 162 cm³/mol. The number of nitrogens with one attached hydrogen (secondary N) is 1. The minimum Gasteiger partial charge on any atom is -0.476 e. The lowest BCUT2D eigenvalue weighted by Gasteiger charge is -2.33. The third-order valence-corrected chi connectivity index (χ3v) is 9.50. The van der Waals surface area contributed by atoms with Crippen molar-refractivity contribution in [1.82, 2.24) is 19.0 Å². The van der Waals surface area contributed by atoms with Crippen LogP contribution in [0.15, 0.2) is 71.6 Å². The van der Waals surface area contributed by atoms with E-state index in [4.69, 9.17) is 16.3 Å². The number of carbonyl (C=O) groups excluding carboxylic acids is 1. The van der Waals surface area contributed by atoms with Crippen LogP contribution in [0, 0.1) is 12.7 Å². The number of piperazine rings is 1. The number of likely N-dealkylation sites (N-methyl/N-ethyl adjacent to an activating group) is 1. The molecule has 2 N–H and O–H groups in total. The maximum atomic E-state index is 14.1. The molecule has 5 rings (SSSR count). The van der Waals surface area contributed by atoms with Crippen molar-refractivity contribution in [1.29, 1.82) is 0 Å². The van der Waals surface area contributed by atoms with Gasteiger partial charge >= 0.3 is 5.97 Å². The monoisotopic (exact) mass is 641 g/mol. The first-order valence-corrected chi connectivity index (χ1v) is 15.5. The van der Waals surface area contributed by atoms with Crippen LogP contribution in [0.4, 0.5) is 10.1 Å². The number of ether oxygens (including phenoxy) is 1. The SMILES string of the molecule is CCN1CCN(S(=O)(=O)c2cc(NC(=O)c3ccccc3Cl)ccc2Oc2c(C)c(C(=O)O)nn2-c2cccc(F)c2)CC1. The van der Waals surface area contributed by atoms with E-state index < -0.39 is 27.7 Å². The molecule has 44 heavy (non-hydrogen) atoms. The van der Waals surface area contributed by atoms with Gasteiger partial charge in [-0.3, -0.25) is 4.79 Å². The van der Waals surface area contributed by atoms with Gasteiger partial charge in [0.25, 0.3) is 5.91 Å². The summed E-state index contributed by atoms with van der Waals surface area (Å²) >= 11 is 6.18. The van der Waals surface area contributed by atoms with E-state index in [0.29, 0.717) is 13.1 Å². The summed E-state index contributed by atoms with van der Waals surface area (Å²) in [7, 11) is -4.18. The summed E-state index contributed by atoms with van der Waals surface area (Å²) < 4.78 is 50.9. The number of aromatic carboxylic acids is 1. The van der Waals surface area contributed by atoms with E-state index in [0.717, 1.165) is 17.3 Å². The number of aromatic nitrogens is 2. The molecule has 0 atom stereocenters. The first-order chi connectivity index (χ1) is 21.0. The zero-order valence-electron chi connectivity index (χ0n) is 23.8. The van der Waals surface area contributed by atoms with Crippen molar-refractivity contribution in [2.75, 3.05) is 38.0 Å². The highest BCUT2D eigenvalue weighted by Crippen LogP contribution is 2.37. The lowest BCUT2D eigenvalue weighted by molar-refractivity contribution is 0.0689. The van der Waals surface area contributed by atoms with Crippen LogP contribution in [0.25, 0.3) is 5.69 Å². The van der Waals surface area contributed by atoms with Crippen LogP contribution in [-0.2, 0) is 10.0 Å². The molecule has 0 radical (unpaired) electrons. The molecule has 1 aliphatic heterocycles. The Morgan fingerprint density at radius 1 is 1.05 bits per heavy atom. The van der Waals surface area contributed by atoms with Crippen LogP contribution in [0.3, 0.4) is 0 Å². The summed E-state index contributed by atoms with van der Waals surface area (Å²) in [4.78, 5) is 26.8. The van der Waals surface area contributed by atoms with Crippen molar-refractivity contribution in [3.05, 3.63) is 94.4 Å². The zero-order chi connectivity index (χ0) is 31.6. The number of hydrogen-bond acceptors (Lipinski definition) is 7. The summed E-state index contributed by atoms with van der Waals surface area (Å²) in [6.45, 7) is 5.75. The highest BCUT2D eigenvalue weighted by molar-refractivity contribution is 7.89. The molecule has 3 aromatic carbocycles. The Kier molecular flexibility index (Phi) is 9.02. The van der Waals surface area contributed by atoms with Gasteiger partial charge in [0.15, 0.2) is 5.69 Å². The van der Waals surface area contributed by atoms with E-state index >= 15 is 0 Å². The quantitative estimate of drug-likeness (QED) is 0.260. The second-order valence-electron chi connectivity index (χ2n) is 10.0. The number of halogens is 2. The molecule has 1 saturated heterocycles. The van der Waals surface area contributed by atoms with E-state index in [1.807, 2.05) is 6.92 Å². The lowest BCUT2D eigenvalue weighted by atomic mass is 10.2. The Balaban J connectivity index is 1.60. The molecule has 1 amide bonds. The maximum absolute atomic E-state index is 14.1. The molecular weight excluding hydrogens is 613 g/mol. The average molecular weight is 642 g/mol. The molecule has 0 spiro atoms. The summed E-state index contributed by atoms with van der Waals surface area (Å²) in [6, 6.07) is 15.8. The lowest BCUT2D eigenvalue weighted by Crippen LogP contribution is -2.48. The molecule has 1 aliphatic rings. The topological polar surface area (TPSA) is 134 Å². The first kappa shape index (κ1) is 31.1. The van der Waals surface area contributed by atoms with E-state index in [2.05, 4.69) is 15.3 Å². The van der Waals surface area contributed by atoms with Crippen molar-refractivity contribution >= 4 is 39.2 Å². The van der Waals surface area contributed by atoms with Crippen LogP contribution in [0.1, 0.15) is 33.3 Å². The minimum atomic E-state index is -4.18. The van der Waals surface area contributed by atoms with Gasteiger partial charge in [0.2, 0.25) is 15.9 Å². The van der Waals surface area contributed by atoms with Crippen LogP contribution < -0.4 is 10.1 Å². The van der Waals surface area contributed by atoms with Crippen molar-refractivity contribution in [2.45, 2.75) is 18.7 Å². The van der Waals surface area contributed by atoms with Crippen LogP contribution in [0.2, 0.25) is 5.02 Å². The van der Waals surface area contributed by atoms with Crippen LogP contribution in [0.5, 0.6) is 11.6 Å². The number of hydrogen-bond donors (Lipinski definition) is 2. The van der Waals surface area contributed by atoms with Crippen LogP contribution in [-0.4, -0.2) is 77.1 Å². The Morgan fingerprint density at radius 2 is 1.77 bits per heavy atom. The van der Waals surface area contributed by atoms with Crippen molar-refractivity contribution < 1.29 is 32.2 Å². The number of carbonyl (C=O) groups is 2. The fourth-order valence-corrected chi connectivity index (χ4v) is 6.61. The number of rotatable bonds is 9. The van der Waals surface area contributed by atoms with Gasteiger partial charge in [-0.15, -0.1) is 0 Å². The number of carboxylic acid groups (broad SMARTS) is 1. The standard InChI is InChI=1S/C30H29ClFN5O6S/c1-3-35-13-15-36(16-14-35)44(41,42)26-18-21(33-28(38)23-9-4-5-10-24(23)31)11-12-25(26)43-29-19(2)27(30(39)40)34-37(29)22-8-6-7-20(32)17-22/h4-12,17-18H,3,13-16H2,1-2H3,(H,33,38)(H,39,40). The highest BCUT2D eigenvalue weighted by atomic mass is 35.5. The van der Waals surface area contributed by atoms with Crippen molar-refractivity contribution in [3.63, 3.8) is 0 Å². The van der Waals surface area contributed by atoms with Gasteiger partial charge in [-0.25, -0.2) is 17.6 Å². The summed E-state index contributed by atoms with van der Waals surface area (Å²) in [5.74, 6) is -2.74. The van der Waals surface area contributed by atoms with Crippen LogP contribution >= 0.6 is 11.6 Å². The second-order valence-corrected chi connectivity index (χ2v) is 12.3. The smallest absolute Gasteiger partial charge is 0.356 e. The Morgan fingerprint density at radius 3 is 2.43 bits per heavy atom. The number of carboxylic acids is 1. The molecule has 14 heteroatoms. The second kappa shape index (κ2) is 12.7. The maximum Gasteiger partial charge on any atom is 0.356 e. The summed E-state index contributed by atoms with van der Waals surface area (Å²) in [5, 5.41) is 16.8. The summed E-state index contributed by atoms with van der Waals surface area (Å²) in [5.41, 5.74) is 0.269. The van der Waals surface area contributed by atoms with Gasteiger partial charge in [-0.05, 0) is 62.0 Å². The van der Waals surface area contributed by atoms with Crippen molar-refractivity contribution in [2.24, 2.45) is 0 Å². The molecule has 1 fully saturated rings. The van der Waals surface area contributed by atoms with E-state index in [-0.39, 0.29) is 62.8 Å². The minimum absolute atomic E-state index is 0.0952. The molecule has 0 bridgehead atoms. The largest absolute Gasteiger partial charge is 0.476 e. The third-order valence-electron chi connectivity index (χ3n) is 7.25. The number of benzene rings is 3. The van der Waals surface area contributed by atoms with Gasteiger partial charge in [0, 0.05) is 37.4 Å². The Bertz CT molecular complexity index is 1840. The molecule has 230 valence electrons. The number of nitrogens with zero attached hydrogens (tertiary/aromatic N) is 4. The number of anilines is 1. The van der Waals surface area contributed by atoms with E-state index in [9.17, 15) is 27.5 Å². The molecule has 4 aromatic rings. The molecule has 0 saturated carbocycles.